The first kappa shape index (κ1) is 17.7. The van der Waals surface area contributed by atoms with Gasteiger partial charge in [0.25, 0.3) is 0 Å². The van der Waals surface area contributed by atoms with Gasteiger partial charge in [-0.2, -0.15) is 0 Å². The molecule has 6 heteroatoms. The van der Waals surface area contributed by atoms with Gasteiger partial charge in [-0.25, -0.2) is 12.7 Å². The van der Waals surface area contributed by atoms with Gasteiger partial charge < -0.3 is 5.32 Å². The van der Waals surface area contributed by atoms with E-state index in [4.69, 9.17) is 11.6 Å². The van der Waals surface area contributed by atoms with E-state index >= 15 is 0 Å². The maximum Gasteiger partial charge on any atom is 0.211 e. The smallest absolute Gasteiger partial charge is 0.211 e. The Balaban J connectivity index is 2.02. The van der Waals surface area contributed by atoms with Gasteiger partial charge in [0, 0.05) is 30.2 Å². The molecule has 1 saturated heterocycles. The molecule has 0 spiro atoms. The minimum Gasteiger partial charge on any atom is -0.307 e. The van der Waals surface area contributed by atoms with E-state index in [0.29, 0.717) is 25.0 Å². The Morgan fingerprint density at radius 2 is 2.00 bits per heavy atom. The summed E-state index contributed by atoms with van der Waals surface area (Å²) in [5.74, 6) is 0.296. The number of piperidine rings is 1. The minimum absolute atomic E-state index is 0.273. The summed E-state index contributed by atoms with van der Waals surface area (Å²) >= 11 is 5.95. The van der Waals surface area contributed by atoms with Gasteiger partial charge in [0.2, 0.25) is 10.0 Å². The van der Waals surface area contributed by atoms with E-state index < -0.39 is 10.0 Å². The van der Waals surface area contributed by atoms with Crippen LogP contribution in [0, 0.1) is 5.92 Å². The highest BCUT2D eigenvalue weighted by Crippen LogP contribution is 2.25. The van der Waals surface area contributed by atoms with Crippen LogP contribution >= 0.6 is 11.6 Å². The largest absolute Gasteiger partial charge is 0.307 e. The molecule has 1 aliphatic heterocycles. The summed E-state index contributed by atoms with van der Waals surface area (Å²) in [5, 5.41) is 4.44. The molecule has 0 saturated carbocycles. The molecule has 22 heavy (non-hydrogen) atoms. The van der Waals surface area contributed by atoms with Crippen LogP contribution in [0.3, 0.4) is 0 Å². The fourth-order valence-corrected chi connectivity index (χ4v) is 4.13. The second-order valence-corrected chi connectivity index (χ2v) is 8.59. The number of hydrogen-bond acceptors (Lipinski definition) is 3. The van der Waals surface area contributed by atoms with Gasteiger partial charge in [0.15, 0.2) is 0 Å². The van der Waals surface area contributed by atoms with Crippen LogP contribution in [0.2, 0.25) is 5.02 Å². The molecule has 124 valence electrons. The van der Waals surface area contributed by atoms with E-state index in [-0.39, 0.29) is 6.04 Å². The molecule has 0 aromatic heterocycles. The number of halogens is 1. The molecular weight excluding hydrogens is 320 g/mol. The van der Waals surface area contributed by atoms with Crippen LogP contribution in [-0.2, 0) is 10.0 Å². The van der Waals surface area contributed by atoms with Gasteiger partial charge in [-0.1, -0.05) is 37.6 Å². The lowest BCUT2D eigenvalue weighted by molar-refractivity contribution is 0.206. The molecule has 0 amide bonds. The number of hydrogen-bond donors (Lipinski definition) is 1. The summed E-state index contributed by atoms with van der Waals surface area (Å²) in [6, 6.07) is 8.54. The molecule has 1 aliphatic rings. The first-order valence-electron chi connectivity index (χ1n) is 7.78. The number of rotatable bonds is 5. The van der Waals surface area contributed by atoms with Crippen molar-refractivity contribution in [2.45, 2.75) is 38.8 Å². The van der Waals surface area contributed by atoms with Gasteiger partial charge in [-0.15, -0.1) is 0 Å². The van der Waals surface area contributed by atoms with Crippen molar-refractivity contribution in [1.82, 2.24) is 9.62 Å². The Morgan fingerprint density at radius 3 is 2.50 bits per heavy atom. The molecule has 0 aliphatic carbocycles. The molecule has 1 N–H and O–H groups in total. The Morgan fingerprint density at radius 1 is 1.36 bits per heavy atom. The second kappa shape index (κ2) is 7.30. The highest BCUT2D eigenvalue weighted by atomic mass is 35.5. The molecule has 1 aromatic carbocycles. The third-order valence-corrected chi connectivity index (χ3v) is 5.95. The summed E-state index contributed by atoms with van der Waals surface area (Å²) < 4.78 is 24.9. The lowest BCUT2D eigenvalue weighted by atomic mass is 9.93. The highest BCUT2D eigenvalue weighted by molar-refractivity contribution is 7.88. The molecular formula is C16H25ClN2O2S. The van der Waals surface area contributed by atoms with E-state index in [0.717, 1.165) is 17.9 Å². The van der Waals surface area contributed by atoms with E-state index in [1.165, 1.54) is 11.8 Å². The molecule has 2 rings (SSSR count). The van der Waals surface area contributed by atoms with Crippen LogP contribution < -0.4 is 5.32 Å². The fourth-order valence-electron chi connectivity index (χ4n) is 3.06. The van der Waals surface area contributed by atoms with Gasteiger partial charge in [0.05, 0.1) is 6.26 Å². The summed E-state index contributed by atoms with van der Waals surface area (Å²) in [6.07, 6.45) is 3.12. The third-order valence-electron chi connectivity index (χ3n) is 4.43. The van der Waals surface area contributed by atoms with Crippen LogP contribution in [0.5, 0.6) is 0 Å². The lowest BCUT2D eigenvalue weighted by Gasteiger charge is -2.38. The standard InChI is InChI=1S/C16H25ClN2O2S/c1-4-15(13-5-7-14(17)8-6-13)18-16-9-10-19(11-12(16)2)22(3,20)21/h5-8,12,15-16,18H,4,9-11H2,1-3H3. The molecule has 1 heterocycles. The van der Waals surface area contributed by atoms with Crippen molar-refractivity contribution in [2.24, 2.45) is 5.92 Å². The number of nitrogens with one attached hydrogen (secondary N) is 1. The summed E-state index contributed by atoms with van der Waals surface area (Å²) in [7, 11) is -3.08. The maximum absolute atomic E-state index is 11.7. The van der Waals surface area contributed by atoms with Gasteiger partial charge in [0.1, 0.15) is 0 Å². The van der Waals surface area contributed by atoms with Crippen LogP contribution in [0.25, 0.3) is 0 Å². The average molecular weight is 345 g/mol. The van der Waals surface area contributed by atoms with Gasteiger partial charge in [-0.05, 0) is 36.5 Å². The third kappa shape index (κ3) is 4.44. The molecule has 3 atom stereocenters. The Hall–Kier alpha value is -0.620. The monoisotopic (exact) mass is 344 g/mol. The van der Waals surface area contributed by atoms with Crippen molar-refractivity contribution in [3.8, 4) is 0 Å². The SMILES string of the molecule is CCC(NC1CCN(S(C)(=O)=O)CC1C)c1ccc(Cl)cc1. The predicted molar refractivity (Wildman–Crippen MR) is 91.6 cm³/mol. The average Bonchev–Trinajstić information content (AvgIpc) is 2.46. The Kier molecular flexibility index (Phi) is 5.88. The topological polar surface area (TPSA) is 49.4 Å². The van der Waals surface area contributed by atoms with E-state index in [1.807, 2.05) is 12.1 Å². The summed E-state index contributed by atoms with van der Waals surface area (Å²) in [5.41, 5.74) is 1.23. The van der Waals surface area contributed by atoms with Crippen molar-refractivity contribution < 1.29 is 8.42 Å². The lowest BCUT2D eigenvalue weighted by Crippen LogP contribution is -2.50. The minimum atomic E-state index is -3.08. The molecule has 0 bridgehead atoms. The van der Waals surface area contributed by atoms with Crippen molar-refractivity contribution >= 4 is 21.6 Å². The van der Waals surface area contributed by atoms with Crippen molar-refractivity contribution in [2.75, 3.05) is 19.3 Å². The molecule has 0 radical (unpaired) electrons. The Labute approximate surface area is 138 Å². The van der Waals surface area contributed by atoms with E-state index in [2.05, 4.69) is 31.3 Å². The maximum atomic E-state index is 11.7. The quantitative estimate of drug-likeness (QED) is 0.893. The fraction of sp³-hybridized carbons (Fsp3) is 0.625. The molecule has 3 unspecified atom stereocenters. The molecule has 1 aromatic rings. The summed E-state index contributed by atoms with van der Waals surface area (Å²) in [4.78, 5) is 0. The number of benzene rings is 1. The van der Waals surface area contributed by atoms with Crippen LogP contribution in [0.15, 0.2) is 24.3 Å². The second-order valence-electron chi connectivity index (χ2n) is 6.17. The van der Waals surface area contributed by atoms with Crippen molar-refractivity contribution in [3.05, 3.63) is 34.9 Å². The van der Waals surface area contributed by atoms with E-state index in [9.17, 15) is 8.42 Å². The van der Waals surface area contributed by atoms with Crippen LogP contribution in [0.1, 0.15) is 38.3 Å². The zero-order valence-corrected chi connectivity index (χ0v) is 15.0. The molecule has 1 fully saturated rings. The van der Waals surface area contributed by atoms with E-state index in [1.54, 1.807) is 4.31 Å². The number of sulfonamides is 1. The first-order chi connectivity index (χ1) is 10.3. The van der Waals surface area contributed by atoms with Gasteiger partial charge >= 0.3 is 0 Å². The summed E-state index contributed by atoms with van der Waals surface area (Å²) in [6.45, 7) is 5.46. The zero-order chi connectivity index (χ0) is 16.3. The number of nitrogens with zero attached hydrogens (tertiary/aromatic N) is 1. The highest BCUT2D eigenvalue weighted by Gasteiger charge is 2.31. The van der Waals surface area contributed by atoms with Crippen LogP contribution in [0.4, 0.5) is 0 Å². The normalized spacial score (nSPS) is 25.1. The van der Waals surface area contributed by atoms with Gasteiger partial charge in [-0.3, -0.25) is 0 Å². The van der Waals surface area contributed by atoms with Crippen molar-refractivity contribution in [3.63, 3.8) is 0 Å². The van der Waals surface area contributed by atoms with Crippen molar-refractivity contribution in [1.29, 1.82) is 0 Å². The van der Waals surface area contributed by atoms with Crippen LogP contribution in [-0.4, -0.2) is 38.1 Å². The Bertz CT molecular complexity index is 589. The zero-order valence-electron chi connectivity index (χ0n) is 13.4. The first-order valence-corrected chi connectivity index (χ1v) is 10.0. The predicted octanol–water partition coefficient (Wildman–Crippen LogP) is 3.05. The molecule has 4 nitrogen and oxygen atoms in total.